The molecule has 0 bridgehead atoms. The van der Waals surface area contributed by atoms with Crippen LogP contribution in [0.4, 0.5) is 4.39 Å². The van der Waals surface area contributed by atoms with Crippen molar-refractivity contribution in [2.45, 2.75) is 103 Å². The van der Waals surface area contributed by atoms with Gasteiger partial charge in [-0.1, -0.05) is 60.6 Å². The fraction of sp³-hybridized carbons (Fsp3) is 0.739. The summed E-state index contributed by atoms with van der Waals surface area (Å²) in [7, 11) is -3.06. The van der Waals surface area contributed by atoms with Crippen LogP contribution in [0.5, 0.6) is 0 Å². The molecule has 2 atom stereocenters. The summed E-state index contributed by atoms with van der Waals surface area (Å²) in [6.45, 7) is 21.7. The van der Waals surface area contributed by atoms with Crippen LogP contribution in [0.2, 0.25) is 16.6 Å². The van der Waals surface area contributed by atoms with Gasteiger partial charge in [-0.2, -0.15) is 0 Å². The maximum absolute atomic E-state index is 14.8. The maximum Gasteiger partial charge on any atom is 0.200 e. The highest BCUT2D eigenvalue weighted by Crippen LogP contribution is 2.43. The molecule has 0 aromatic heterocycles. The van der Waals surface area contributed by atoms with Crippen molar-refractivity contribution in [3.63, 3.8) is 0 Å². The highest BCUT2D eigenvalue weighted by Gasteiger charge is 2.45. The van der Waals surface area contributed by atoms with Crippen LogP contribution in [0.25, 0.3) is 0 Å². The standard InChI is InChI=1S/C23H41FO2SSi/c1-16(2)28(17(3)4,18(5)6)26-14-21-20(12-11-13-22(21)24)19(7)15-27(25)23(8,9)10/h11-13,16-19H,14-15H2,1-10H3/t19-,27+/m1/s1. The second-order valence-corrected chi connectivity index (χ2v) is 17.6. The Morgan fingerprint density at radius 1 is 1.00 bits per heavy atom. The van der Waals surface area contributed by atoms with Crippen molar-refractivity contribution in [1.29, 1.82) is 0 Å². The topological polar surface area (TPSA) is 26.3 Å². The van der Waals surface area contributed by atoms with Crippen molar-refractivity contribution in [1.82, 2.24) is 0 Å². The molecule has 0 unspecified atom stereocenters. The zero-order chi connectivity index (χ0) is 21.9. The van der Waals surface area contributed by atoms with Crippen LogP contribution < -0.4 is 0 Å². The third-order valence-electron chi connectivity index (χ3n) is 5.94. The van der Waals surface area contributed by atoms with Gasteiger partial charge in [0.25, 0.3) is 0 Å². The fourth-order valence-corrected chi connectivity index (χ4v) is 11.0. The van der Waals surface area contributed by atoms with Gasteiger partial charge in [-0.05, 0) is 54.9 Å². The Morgan fingerprint density at radius 3 is 1.93 bits per heavy atom. The molecule has 1 aromatic rings. The van der Waals surface area contributed by atoms with Gasteiger partial charge in [0.05, 0.1) is 6.61 Å². The summed E-state index contributed by atoms with van der Waals surface area (Å²) in [6, 6.07) is 5.23. The molecule has 0 heterocycles. The summed E-state index contributed by atoms with van der Waals surface area (Å²) in [5.41, 5.74) is 2.92. The summed E-state index contributed by atoms with van der Waals surface area (Å²) >= 11 is 0. The summed E-state index contributed by atoms with van der Waals surface area (Å²) in [5.74, 6) is 0.328. The van der Waals surface area contributed by atoms with Gasteiger partial charge in [-0.3, -0.25) is 4.21 Å². The molecule has 5 heteroatoms. The number of rotatable bonds is 9. The van der Waals surface area contributed by atoms with Gasteiger partial charge in [0.15, 0.2) is 0 Å². The predicted molar refractivity (Wildman–Crippen MR) is 123 cm³/mol. The number of hydrogen-bond acceptors (Lipinski definition) is 2. The molecule has 0 amide bonds. The van der Waals surface area contributed by atoms with E-state index >= 15 is 0 Å². The Labute approximate surface area is 176 Å². The minimum atomic E-state index is -2.08. The summed E-state index contributed by atoms with van der Waals surface area (Å²) in [5, 5.41) is 0. The molecule has 0 aliphatic carbocycles. The van der Waals surface area contributed by atoms with Gasteiger partial charge < -0.3 is 4.43 Å². The average Bonchev–Trinajstić information content (AvgIpc) is 2.54. The Balaban J connectivity index is 3.20. The molecule has 0 spiro atoms. The van der Waals surface area contributed by atoms with Gasteiger partial charge in [0.2, 0.25) is 8.32 Å². The lowest BCUT2D eigenvalue weighted by molar-refractivity contribution is 0.259. The average molecular weight is 429 g/mol. The van der Waals surface area contributed by atoms with Crippen LogP contribution in [-0.4, -0.2) is 23.0 Å². The summed E-state index contributed by atoms with van der Waals surface area (Å²) < 4.78 is 33.8. The lowest BCUT2D eigenvalue weighted by Gasteiger charge is -2.42. The molecule has 1 rings (SSSR count). The monoisotopic (exact) mass is 428 g/mol. The highest BCUT2D eigenvalue weighted by molar-refractivity contribution is 7.86. The van der Waals surface area contributed by atoms with Crippen LogP contribution >= 0.6 is 0 Å². The van der Waals surface area contributed by atoms with Gasteiger partial charge in [-0.25, -0.2) is 4.39 Å². The summed E-state index contributed by atoms with van der Waals surface area (Å²) in [6.07, 6.45) is 0. The van der Waals surface area contributed by atoms with E-state index in [2.05, 4.69) is 41.5 Å². The largest absolute Gasteiger partial charge is 0.412 e. The quantitative estimate of drug-likeness (QED) is 0.390. The van der Waals surface area contributed by atoms with Crippen molar-refractivity contribution in [3.8, 4) is 0 Å². The van der Waals surface area contributed by atoms with E-state index in [-0.39, 0.29) is 16.5 Å². The van der Waals surface area contributed by atoms with Crippen molar-refractivity contribution in [2.24, 2.45) is 0 Å². The first-order valence-corrected chi connectivity index (χ1v) is 14.0. The number of halogens is 1. The van der Waals surface area contributed by atoms with Gasteiger partial charge in [0, 0.05) is 26.9 Å². The number of benzene rings is 1. The second kappa shape index (κ2) is 9.99. The third kappa shape index (κ3) is 5.76. The van der Waals surface area contributed by atoms with E-state index in [1.165, 1.54) is 6.07 Å². The predicted octanol–water partition coefficient (Wildman–Crippen LogP) is 7.17. The molecule has 0 saturated heterocycles. The minimum absolute atomic E-state index is 0.0163. The zero-order valence-electron chi connectivity index (χ0n) is 19.6. The van der Waals surface area contributed by atoms with Gasteiger partial charge in [-0.15, -0.1) is 0 Å². The van der Waals surface area contributed by atoms with E-state index < -0.39 is 19.1 Å². The molecular formula is C23H41FO2SSi. The highest BCUT2D eigenvalue weighted by atomic mass is 32.2. The molecule has 0 aliphatic rings. The van der Waals surface area contributed by atoms with Crippen LogP contribution in [0.15, 0.2) is 18.2 Å². The fourth-order valence-electron chi connectivity index (χ4n) is 4.45. The Kier molecular flexibility index (Phi) is 9.10. The second-order valence-electron chi connectivity index (χ2n) is 9.94. The van der Waals surface area contributed by atoms with Crippen molar-refractivity contribution in [3.05, 3.63) is 35.1 Å². The van der Waals surface area contributed by atoms with Crippen molar-refractivity contribution in [2.75, 3.05) is 5.75 Å². The molecule has 2 nitrogen and oxygen atoms in total. The van der Waals surface area contributed by atoms with E-state index in [0.717, 1.165) is 5.56 Å². The lowest BCUT2D eigenvalue weighted by atomic mass is 9.97. The first kappa shape index (κ1) is 25.5. The Morgan fingerprint density at radius 2 is 1.50 bits per heavy atom. The van der Waals surface area contributed by atoms with E-state index in [9.17, 15) is 8.60 Å². The van der Waals surface area contributed by atoms with Crippen LogP contribution in [0.3, 0.4) is 0 Å². The Bertz CT molecular complexity index is 643. The summed E-state index contributed by atoms with van der Waals surface area (Å²) in [4.78, 5) is 0. The molecule has 0 radical (unpaired) electrons. The maximum atomic E-state index is 14.8. The van der Waals surface area contributed by atoms with Crippen molar-refractivity contribution >= 4 is 19.1 Å². The lowest BCUT2D eigenvalue weighted by Crippen LogP contribution is -2.47. The molecule has 0 N–H and O–H groups in total. The molecular weight excluding hydrogens is 387 g/mol. The van der Waals surface area contributed by atoms with E-state index in [1.54, 1.807) is 6.07 Å². The normalized spacial score (nSPS) is 15.5. The minimum Gasteiger partial charge on any atom is -0.412 e. The van der Waals surface area contributed by atoms with Gasteiger partial charge in [0.1, 0.15) is 5.82 Å². The van der Waals surface area contributed by atoms with Crippen molar-refractivity contribution < 1.29 is 13.0 Å². The van der Waals surface area contributed by atoms with Gasteiger partial charge >= 0.3 is 0 Å². The van der Waals surface area contributed by atoms with E-state index in [4.69, 9.17) is 4.43 Å². The smallest absolute Gasteiger partial charge is 0.200 e. The van der Waals surface area contributed by atoms with E-state index in [1.807, 2.05) is 33.8 Å². The molecule has 0 aliphatic heterocycles. The number of hydrogen-bond donors (Lipinski definition) is 0. The Hall–Kier alpha value is -0.523. The first-order valence-electron chi connectivity index (χ1n) is 10.5. The van der Waals surface area contributed by atoms with Crippen LogP contribution in [0.1, 0.15) is 86.3 Å². The molecule has 0 saturated carbocycles. The molecule has 1 aromatic carbocycles. The zero-order valence-corrected chi connectivity index (χ0v) is 21.4. The molecule has 0 fully saturated rings. The SMILES string of the molecule is CC(C)[Si](OCc1c(F)cccc1[C@H](C)C[S@](=O)C(C)(C)C)(C(C)C)C(C)C. The molecule has 162 valence electrons. The van der Waals surface area contributed by atoms with E-state index in [0.29, 0.717) is 34.5 Å². The van der Waals surface area contributed by atoms with Crippen LogP contribution in [-0.2, 0) is 21.8 Å². The van der Waals surface area contributed by atoms with Crippen LogP contribution in [0, 0.1) is 5.82 Å². The molecule has 28 heavy (non-hydrogen) atoms. The third-order valence-corrected chi connectivity index (χ3v) is 14.2. The first-order chi connectivity index (χ1) is 12.7.